The average Bonchev–Trinajstić information content (AvgIpc) is 3.22. The first kappa shape index (κ1) is 54.6. The van der Waals surface area contributed by atoms with Gasteiger partial charge in [-0.2, -0.15) is 0 Å². The molecular formula is C52H86O6. The van der Waals surface area contributed by atoms with Gasteiger partial charge in [0.1, 0.15) is 13.2 Å². The smallest absolute Gasteiger partial charge is 0.306 e. The second kappa shape index (κ2) is 46.3. The van der Waals surface area contributed by atoms with E-state index < -0.39 is 6.10 Å². The first-order chi connectivity index (χ1) is 28.5. The van der Waals surface area contributed by atoms with E-state index in [0.29, 0.717) is 19.3 Å². The highest BCUT2D eigenvalue weighted by Gasteiger charge is 2.19. The molecule has 58 heavy (non-hydrogen) atoms. The Kier molecular flexibility index (Phi) is 43.6. The summed E-state index contributed by atoms with van der Waals surface area (Å²) >= 11 is 0. The van der Waals surface area contributed by atoms with Gasteiger partial charge >= 0.3 is 17.9 Å². The molecule has 1 atom stereocenters. The molecule has 0 aliphatic carbocycles. The number of ether oxygens (including phenoxy) is 3. The third kappa shape index (κ3) is 43.7. The second-order valence-corrected chi connectivity index (χ2v) is 15.3. The molecule has 0 amide bonds. The Balaban J connectivity index is 4.31. The van der Waals surface area contributed by atoms with E-state index in [1.165, 1.54) is 44.9 Å². The summed E-state index contributed by atoms with van der Waals surface area (Å²) in [5.41, 5.74) is 0. The lowest BCUT2D eigenvalue weighted by molar-refractivity contribution is -0.167. The third-order valence-corrected chi connectivity index (χ3v) is 9.63. The summed E-state index contributed by atoms with van der Waals surface area (Å²) in [6.45, 7) is 6.36. The van der Waals surface area contributed by atoms with Crippen molar-refractivity contribution < 1.29 is 28.6 Å². The molecule has 1 unspecified atom stereocenters. The monoisotopic (exact) mass is 807 g/mol. The zero-order valence-corrected chi connectivity index (χ0v) is 37.5. The third-order valence-electron chi connectivity index (χ3n) is 9.63. The summed E-state index contributed by atoms with van der Waals surface area (Å²) in [4.78, 5) is 37.5. The molecule has 0 N–H and O–H groups in total. The minimum Gasteiger partial charge on any atom is -0.462 e. The van der Waals surface area contributed by atoms with Crippen molar-refractivity contribution in [2.75, 3.05) is 13.2 Å². The summed E-state index contributed by atoms with van der Waals surface area (Å²) in [5.74, 6) is -0.970. The number of rotatable bonds is 41. The second-order valence-electron chi connectivity index (χ2n) is 15.3. The molecule has 0 rings (SSSR count). The number of unbranched alkanes of at least 4 members (excludes halogenated alkanes) is 16. The van der Waals surface area contributed by atoms with Crippen LogP contribution in [0.2, 0.25) is 0 Å². The van der Waals surface area contributed by atoms with Crippen LogP contribution in [0.25, 0.3) is 0 Å². The van der Waals surface area contributed by atoms with Crippen molar-refractivity contribution in [1.29, 1.82) is 0 Å². The van der Waals surface area contributed by atoms with Crippen LogP contribution in [-0.2, 0) is 28.6 Å². The largest absolute Gasteiger partial charge is 0.462 e. The number of carbonyl (C=O) groups excluding carboxylic acids is 3. The summed E-state index contributed by atoms with van der Waals surface area (Å²) in [6.07, 6.45) is 58.8. The molecule has 330 valence electrons. The van der Waals surface area contributed by atoms with Crippen molar-refractivity contribution >= 4 is 17.9 Å². The number of carbonyl (C=O) groups is 3. The van der Waals surface area contributed by atoms with Gasteiger partial charge in [0.2, 0.25) is 0 Å². The predicted molar refractivity (Wildman–Crippen MR) is 247 cm³/mol. The lowest BCUT2D eigenvalue weighted by atomic mass is 10.1. The van der Waals surface area contributed by atoms with Crippen molar-refractivity contribution in [2.45, 2.75) is 213 Å². The van der Waals surface area contributed by atoms with Crippen molar-refractivity contribution in [3.63, 3.8) is 0 Å². The van der Waals surface area contributed by atoms with Crippen LogP contribution < -0.4 is 0 Å². The van der Waals surface area contributed by atoms with Gasteiger partial charge in [-0.25, -0.2) is 0 Å². The standard InChI is InChI=1S/C52H86O6/c1-4-7-10-13-15-17-19-21-23-24-25-26-27-28-29-31-32-34-36-39-42-45-51(54)57-48-49(47-56-50(53)44-41-38-12-9-6-3)58-52(55)46-43-40-37-35-33-30-22-20-18-16-14-11-8-5-2/h7,10,15,17,20-23,25-26,28-29,32,34,49H,4-6,8-9,11-14,16,18-19,24,27,30-31,33,35-48H2,1-3H3/b10-7-,17-15-,22-20-,23-21-,26-25-,29-28-,34-32-. The van der Waals surface area contributed by atoms with E-state index in [1.54, 1.807) is 0 Å². The Bertz CT molecular complexity index is 1160. The van der Waals surface area contributed by atoms with Crippen LogP contribution in [0.5, 0.6) is 0 Å². The highest BCUT2D eigenvalue weighted by molar-refractivity contribution is 5.71. The van der Waals surface area contributed by atoms with Gasteiger partial charge in [-0.1, -0.05) is 176 Å². The van der Waals surface area contributed by atoms with E-state index in [1.807, 2.05) is 0 Å². The quantitative estimate of drug-likeness (QED) is 0.0265. The molecule has 0 aromatic heterocycles. The van der Waals surface area contributed by atoms with Crippen molar-refractivity contribution in [2.24, 2.45) is 0 Å². The zero-order valence-electron chi connectivity index (χ0n) is 37.5. The van der Waals surface area contributed by atoms with Crippen LogP contribution in [0.3, 0.4) is 0 Å². The van der Waals surface area contributed by atoms with E-state index >= 15 is 0 Å². The van der Waals surface area contributed by atoms with Gasteiger partial charge < -0.3 is 14.2 Å². The van der Waals surface area contributed by atoms with E-state index in [4.69, 9.17) is 14.2 Å². The summed E-state index contributed by atoms with van der Waals surface area (Å²) in [5, 5.41) is 0. The Labute approximate surface area is 356 Å². The van der Waals surface area contributed by atoms with Crippen molar-refractivity contribution in [1.82, 2.24) is 0 Å². The van der Waals surface area contributed by atoms with Crippen LogP contribution in [0.1, 0.15) is 207 Å². The molecule has 0 aliphatic heterocycles. The fraction of sp³-hybridized carbons (Fsp3) is 0.673. The first-order valence-corrected chi connectivity index (χ1v) is 23.6. The van der Waals surface area contributed by atoms with Crippen LogP contribution in [0, 0.1) is 0 Å². The first-order valence-electron chi connectivity index (χ1n) is 23.6. The zero-order chi connectivity index (χ0) is 42.3. The summed E-state index contributed by atoms with van der Waals surface area (Å²) in [6, 6.07) is 0. The maximum absolute atomic E-state index is 12.7. The highest BCUT2D eigenvalue weighted by Crippen LogP contribution is 2.12. The maximum Gasteiger partial charge on any atom is 0.306 e. The van der Waals surface area contributed by atoms with Crippen LogP contribution in [-0.4, -0.2) is 37.2 Å². The summed E-state index contributed by atoms with van der Waals surface area (Å²) in [7, 11) is 0. The fourth-order valence-electron chi connectivity index (χ4n) is 6.08. The van der Waals surface area contributed by atoms with Gasteiger partial charge in [0.15, 0.2) is 6.10 Å². The van der Waals surface area contributed by atoms with E-state index in [0.717, 1.165) is 122 Å². The fourth-order valence-corrected chi connectivity index (χ4v) is 6.08. The Morgan fingerprint density at radius 3 is 1.10 bits per heavy atom. The van der Waals surface area contributed by atoms with Crippen LogP contribution in [0.15, 0.2) is 85.1 Å². The van der Waals surface area contributed by atoms with Gasteiger partial charge in [0, 0.05) is 19.3 Å². The molecule has 0 saturated carbocycles. The van der Waals surface area contributed by atoms with Gasteiger partial charge in [-0.15, -0.1) is 0 Å². The number of hydrogen-bond donors (Lipinski definition) is 0. The molecular weight excluding hydrogens is 721 g/mol. The molecule has 0 bridgehead atoms. The van der Waals surface area contributed by atoms with Crippen molar-refractivity contribution in [3.05, 3.63) is 85.1 Å². The van der Waals surface area contributed by atoms with Crippen molar-refractivity contribution in [3.8, 4) is 0 Å². The minimum atomic E-state index is -0.794. The molecule has 6 heteroatoms. The molecule has 0 saturated heterocycles. The predicted octanol–water partition coefficient (Wildman–Crippen LogP) is 15.3. The Morgan fingerprint density at radius 1 is 0.362 bits per heavy atom. The van der Waals surface area contributed by atoms with Gasteiger partial charge in [0.05, 0.1) is 0 Å². The average molecular weight is 807 g/mol. The molecule has 0 fully saturated rings. The number of hydrogen-bond acceptors (Lipinski definition) is 6. The van der Waals surface area contributed by atoms with E-state index in [-0.39, 0.29) is 31.1 Å². The van der Waals surface area contributed by atoms with E-state index in [2.05, 4.69) is 106 Å². The molecule has 0 aliphatic rings. The maximum atomic E-state index is 12.7. The molecule has 0 heterocycles. The van der Waals surface area contributed by atoms with Gasteiger partial charge in [0.25, 0.3) is 0 Å². The molecule has 0 aromatic rings. The molecule has 0 spiro atoms. The van der Waals surface area contributed by atoms with Crippen LogP contribution in [0.4, 0.5) is 0 Å². The Hall–Kier alpha value is -3.41. The van der Waals surface area contributed by atoms with E-state index in [9.17, 15) is 14.4 Å². The van der Waals surface area contributed by atoms with Crippen LogP contribution >= 0.6 is 0 Å². The number of allylic oxidation sites excluding steroid dienone is 14. The Morgan fingerprint density at radius 2 is 0.672 bits per heavy atom. The lowest BCUT2D eigenvalue weighted by Gasteiger charge is -2.18. The molecule has 6 nitrogen and oxygen atoms in total. The highest BCUT2D eigenvalue weighted by atomic mass is 16.6. The normalized spacial score (nSPS) is 12.8. The SMILES string of the molecule is CC/C=C\C/C=C\C/C=C\C/C=C\C/C=C\C/C=C\CCCCC(=O)OCC(COC(=O)CCCCCCC)OC(=O)CCCCCCC/C=C\CCCCCCC. The molecule has 0 aromatic carbocycles. The molecule has 0 radical (unpaired) electrons. The lowest BCUT2D eigenvalue weighted by Crippen LogP contribution is -2.30. The number of esters is 3. The van der Waals surface area contributed by atoms with Gasteiger partial charge in [-0.05, 0) is 96.3 Å². The summed E-state index contributed by atoms with van der Waals surface area (Å²) < 4.78 is 16.6. The minimum absolute atomic E-state index is 0.0955. The topological polar surface area (TPSA) is 78.9 Å². The van der Waals surface area contributed by atoms with Gasteiger partial charge in [-0.3, -0.25) is 14.4 Å².